The van der Waals surface area contributed by atoms with Gasteiger partial charge in [0.2, 0.25) is 0 Å². The van der Waals surface area contributed by atoms with Crippen LogP contribution in [0.15, 0.2) is 0 Å². The average molecular weight is 417 g/mol. The quantitative estimate of drug-likeness (QED) is 0.549. The second kappa shape index (κ2) is 7.64. The van der Waals surface area contributed by atoms with Crippen LogP contribution in [0.4, 0.5) is 4.79 Å². The largest absolute Gasteiger partial charge is 0.458 e. The van der Waals surface area contributed by atoms with Crippen molar-refractivity contribution in [3.63, 3.8) is 0 Å². The summed E-state index contributed by atoms with van der Waals surface area (Å²) in [6.07, 6.45) is -0.653. The third kappa shape index (κ3) is 9.58. The summed E-state index contributed by atoms with van der Waals surface area (Å²) in [4.78, 5) is 23.7. The summed E-state index contributed by atoms with van der Waals surface area (Å²) in [5, 5.41) is 2.53. The van der Waals surface area contributed by atoms with Crippen LogP contribution in [0.5, 0.6) is 0 Å². The maximum Gasteiger partial charge on any atom is 0.407 e. The standard InChI is InChI=1S/C13H23Br2NO4/c1-8(2)9(10(17)20-12(3,4)5)16-11(18)19-7-13(6,14)15/h8-9H,7H2,1-6H3,(H,16,18)/t9-/m0/s1. The fourth-order valence-corrected chi connectivity index (χ4v) is 1.45. The summed E-state index contributed by atoms with van der Waals surface area (Å²) in [7, 11) is 0. The number of rotatable bonds is 5. The van der Waals surface area contributed by atoms with E-state index < -0.39 is 26.9 Å². The number of hydrogen-bond acceptors (Lipinski definition) is 4. The lowest BCUT2D eigenvalue weighted by Gasteiger charge is -2.26. The Kier molecular flexibility index (Phi) is 7.52. The molecule has 118 valence electrons. The Hall–Kier alpha value is -0.300. The Morgan fingerprint density at radius 3 is 2.00 bits per heavy atom. The van der Waals surface area contributed by atoms with Crippen molar-refractivity contribution < 1.29 is 19.1 Å². The van der Waals surface area contributed by atoms with E-state index in [1.54, 1.807) is 27.7 Å². The fourth-order valence-electron chi connectivity index (χ4n) is 1.22. The average Bonchev–Trinajstić information content (AvgIpc) is 2.18. The van der Waals surface area contributed by atoms with Crippen LogP contribution >= 0.6 is 31.9 Å². The molecule has 20 heavy (non-hydrogen) atoms. The SMILES string of the molecule is CC(C)[C@H](NC(=O)OCC(C)(Br)Br)C(=O)OC(C)(C)C. The van der Waals surface area contributed by atoms with Gasteiger partial charge in [-0.15, -0.1) is 0 Å². The van der Waals surface area contributed by atoms with Gasteiger partial charge in [-0.3, -0.25) is 0 Å². The first-order valence-corrected chi connectivity index (χ1v) is 7.94. The molecule has 0 aromatic heterocycles. The van der Waals surface area contributed by atoms with Crippen LogP contribution in [-0.4, -0.2) is 33.5 Å². The summed E-state index contributed by atoms with van der Waals surface area (Å²) >= 11 is 6.58. The van der Waals surface area contributed by atoms with E-state index in [0.717, 1.165) is 0 Å². The summed E-state index contributed by atoms with van der Waals surface area (Å²) < 4.78 is 9.81. The number of hydrogen-bond donors (Lipinski definition) is 1. The molecule has 0 spiro atoms. The molecule has 0 bridgehead atoms. The van der Waals surface area contributed by atoms with Crippen molar-refractivity contribution in [2.45, 2.75) is 56.4 Å². The molecule has 0 aromatic rings. The van der Waals surface area contributed by atoms with Crippen LogP contribution in [0.2, 0.25) is 0 Å². The number of alkyl halides is 2. The Balaban J connectivity index is 4.56. The number of halogens is 2. The van der Waals surface area contributed by atoms with Crippen molar-refractivity contribution in [3.8, 4) is 0 Å². The molecule has 1 atom stereocenters. The van der Waals surface area contributed by atoms with Gasteiger partial charge in [-0.1, -0.05) is 45.7 Å². The van der Waals surface area contributed by atoms with Crippen LogP contribution in [-0.2, 0) is 14.3 Å². The van der Waals surface area contributed by atoms with Crippen LogP contribution in [0, 0.1) is 5.92 Å². The highest BCUT2D eigenvalue weighted by Gasteiger charge is 2.30. The van der Waals surface area contributed by atoms with Gasteiger partial charge in [-0.25, -0.2) is 9.59 Å². The lowest BCUT2D eigenvalue weighted by molar-refractivity contribution is -0.158. The van der Waals surface area contributed by atoms with Crippen molar-refractivity contribution in [1.82, 2.24) is 5.32 Å². The molecule has 0 aliphatic rings. The van der Waals surface area contributed by atoms with Gasteiger partial charge >= 0.3 is 12.1 Å². The zero-order valence-corrected chi connectivity index (χ0v) is 15.9. The Morgan fingerprint density at radius 1 is 1.15 bits per heavy atom. The van der Waals surface area contributed by atoms with Crippen molar-refractivity contribution in [1.29, 1.82) is 0 Å². The number of esters is 1. The third-order valence-electron chi connectivity index (χ3n) is 2.06. The predicted octanol–water partition coefficient (Wildman–Crippen LogP) is 3.58. The molecule has 0 fully saturated rings. The highest BCUT2D eigenvalue weighted by Crippen LogP contribution is 2.25. The Morgan fingerprint density at radius 2 is 1.65 bits per heavy atom. The third-order valence-corrected chi connectivity index (χ3v) is 2.52. The van der Waals surface area contributed by atoms with Crippen molar-refractivity contribution in [3.05, 3.63) is 0 Å². The molecule has 0 saturated heterocycles. The van der Waals surface area contributed by atoms with E-state index in [-0.39, 0.29) is 12.5 Å². The molecule has 0 aliphatic carbocycles. The first kappa shape index (κ1) is 19.7. The molecular formula is C13H23Br2NO4. The van der Waals surface area contributed by atoms with Crippen LogP contribution < -0.4 is 5.32 Å². The van der Waals surface area contributed by atoms with Crippen molar-refractivity contribution >= 4 is 43.9 Å². The normalized spacial score (nSPS) is 13.8. The Labute approximate surface area is 137 Å². The van der Waals surface area contributed by atoms with E-state index in [1.165, 1.54) is 0 Å². The highest BCUT2D eigenvalue weighted by atomic mass is 79.9. The number of carbonyl (C=O) groups excluding carboxylic acids is 2. The summed E-state index contributed by atoms with van der Waals surface area (Å²) in [6, 6.07) is -0.737. The van der Waals surface area contributed by atoms with E-state index in [4.69, 9.17) is 9.47 Å². The molecule has 0 saturated carbocycles. The second-order valence-electron chi connectivity index (χ2n) is 6.05. The minimum absolute atomic E-state index is 0.100. The van der Waals surface area contributed by atoms with Gasteiger partial charge in [-0.05, 0) is 33.6 Å². The molecule has 0 radical (unpaired) electrons. The van der Waals surface area contributed by atoms with Gasteiger partial charge in [0.15, 0.2) is 0 Å². The van der Waals surface area contributed by atoms with Crippen molar-refractivity contribution in [2.24, 2.45) is 5.92 Å². The lowest BCUT2D eigenvalue weighted by atomic mass is 10.0. The number of alkyl carbamates (subject to hydrolysis) is 1. The first-order valence-electron chi connectivity index (χ1n) is 6.36. The predicted molar refractivity (Wildman–Crippen MR) is 85.2 cm³/mol. The summed E-state index contributed by atoms with van der Waals surface area (Å²) in [6.45, 7) is 10.9. The van der Waals surface area contributed by atoms with E-state index in [9.17, 15) is 9.59 Å². The molecule has 0 aromatic carbocycles. The Bertz CT molecular complexity index is 345. The number of amides is 1. The van der Waals surface area contributed by atoms with E-state index in [0.29, 0.717) is 0 Å². The maximum absolute atomic E-state index is 12.0. The van der Waals surface area contributed by atoms with Crippen LogP contribution in [0.1, 0.15) is 41.5 Å². The topological polar surface area (TPSA) is 64.6 Å². The lowest BCUT2D eigenvalue weighted by Crippen LogP contribution is -2.47. The minimum atomic E-state index is -0.737. The van der Waals surface area contributed by atoms with Crippen LogP contribution in [0.25, 0.3) is 0 Å². The number of ether oxygens (including phenoxy) is 2. The molecule has 0 aliphatic heterocycles. The molecule has 0 rings (SSSR count). The summed E-state index contributed by atoms with van der Waals surface area (Å²) in [5.41, 5.74) is -0.597. The zero-order valence-electron chi connectivity index (χ0n) is 12.8. The maximum atomic E-state index is 12.0. The van der Waals surface area contributed by atoms with Gasteiger partial charge in [0.25, 0.3) is 0 Å². The van der Waals surface area contributed by atoms with E-state index in [2.05, 4.69) is 37.2 Å². The smallest absolute Gasteiger partial charge is 0.407 e. The van der Waals surface area contributed by atoms with Gasteiger partial charge in [0, 0.05) is 0 Å². The number of nitrogens with one attached hydrogen (secondary N) is 1. The molecule has 0 unspecified atom stereocenters. The summed E-state index contributed by atoms with van der Waals surface area (Å²) in [5.74, 6) is -0.568. The van der Waals surface area contributed by atoms with Crippen molar-refractivity contribution in [2.75, 3.05) is 6.61 Å². The molecule has 1 amide bonds. The molecular weight excluding hydrogens is 394 g/mol. The van der Waals surface area contributed by atoms with E-state index in [1.807, 2.05) is 13.8 Å². The fraction of sp³-hybridized carbons (Fsp3) is 0.846. The zero-order chi connectivity index (χ0) is 16.1. The van der Waals surface area contributed by atoms with Gasteiger partial charge in [-0.2, -0.15) is 0 Å². The van der Waals surface area contributed by atoms with Gasteiger partial charge in [0.1, 0.15) is 21.5 Å². The highest BCUT2D eigenvalue weighted by molar-refractivity contribution is 9.25. The van der Waals surface area contributed by atoms with Gasteiger partial charge < -0.3 is 14.8 Å². The first-order chi connectivity index (χ1) is 8.82. The monoisotopic (exact) mass is 415 g/mol. The van der Waals surface area contributed by atoms with Crippen LogP contribution in [0.3, 0.4) is 0 Å². The van der Waals surface area contributed by atoms with E-state index >= 15 is 0 Å². The number of carbonyl (C=O) groups is 2. The van der Waals surface area contributed by atoms with Gasteiger partial charge in [0.05, 0.1) is 0 Å². The second-order valence-corrected chi connectivity index (χ2v) is 10.6. The molecule has 5 nitrogen and oxygen atoms in total. The molecule has 0 heterocycles. The molecule has 7 heteroatoms. The minimum Gasteiger partial charge on any atom is -0.458 e. The molecule has 1 N–H and O–H groups in total.